The van der Waals surface area contributed by atoms with Crippen LogP contribution in [-0.2, 0) is 0 Å². The summed E-state index contributed by atoms with van der Waals surface area (Å²) in [6.45, 7) is 2.01. The number of hydrogen-bond acceptors (Lipinski definition) is 6. The summed E-state index contributed by atoms with van der Waals surface area (Å²) in [4.78, 5) is 8.60. The van der Waals surface area contributed by atoms with E-state index >= 15 is 0 Å². The van der Waals surface area contributed by atoms with Crippen molar-refractivity contribution in [3.05, 3.63) is 60.3 Å². The van der Waals surface area contributed by atoms with Crippen molar-refractivity contribution in [2.24, 2.45) is 0 Å². The monoisotopic (exact) mass is 444 g/mol. The van der Waals surface area contributed by atoms with Gasteiger partial charge in [0, 0.05) is 46.9 Å². The van der Waals surface area contributed by atoms with Crippen LogP contribution in [-0.4, -0.2) is 32.8 Å². The lowest BCUT2D eigenvalue weighted by Crippen LogP contribution is -2.29. The third-order valence-electron chi connectivity index (χ3n) is 6.21. The SMILES string of the molecule is Nc1ncc(-c2cnn(C3CCNCC3)c2)c2c(Cl)c(-c3cccc4cnccc34)oc12. The van der Waals surface area contributed by atoms with Gasteiger partial charge in [0.2, 0.25) is 0 Å². The number of halogens is 1. The molecule has 0 spiro atoms. The fraction of sp³-hybridized carbons (Fsp3) is 0.208. The third-order valence-corrected chi connectivity index (χ3v) is 6.57. The summed E-state index contributed by atoms with van der Waals surface area (Å²) in [5.41, 5.74) is 9.38. The van der Waals surface area contributed by atoms with E-state index in [-0.39, 0.29) is 0 Å². The zero-order valence-electron chi connectivity index (χ0n) is 17.3. The second kappa shape index (κ2) is 7.62. The summed E-state index contributed by atoms with van der Waals surface area (Å²) < 4.78 is 8.28. The van der Waals surface area contributed by atoms with Gasteiger partial charge in [-0.2, -0.15) is 5.10 Å². The Bertz CT molecular complexity index is 1440. The number of fused-ring (bicyclic) bond motifs is 2. The normalized spacial score (nSPS) is 15.0. The van der Waals surface area contributed by atoms with Crippen LogP contribution in [0, 0.1) is 0 Å². The van der Waals surface area contributed by atoms with E-state index in [1.807, 2.05) is 41.3 Å². The average Bonchev–Trinajstić information content (AvgIpc) is 3.46. The van der Waals surface area contributed by atoms with Crippen LogP contribution in [0.5, 0.6) is 0 Å². The molecule has 7 nitrogen and oxygen atoms in total. The second-order valence-corrected chi connectivity index (χ2v) is 8.48. The molecule has 0 amide bonds. The molecular formula is C24H21ClN6O. The summed E-state index contributed by atoms with van der Waals surface area (Å²) in [5, 5.41) is 11.3. The molecule has 0 atom stereocenters. The maximum atomic E-state index is 6.95. The highest BCUT2D eigenvalue weighted by atomic mass is 35.5. The van der Waals surface area contributed by atoms with E-state index < -0.39 is 0 Å². The fourth-order valence-corrected chi connectivity index (χ4v) is 4.88. The van der Waals surface area contributed by atoms with E-state index in [1.54, 1.807) is 12.4 Å². The van der Waals surface area contributed by atoms with Crippen LogP contribution < -0.4 is 11.1 Å². The average molecular weight is 445 g/mol. The number of anilines is 1. The first-order valence-electron chi connectivity index (χ1n) is 10.7. The highest BCUT2D eigenvalue weighted by Crippen LogP contribution is 2.45. The molecule has 8 heteroatoms. The summed E-state index contributed by atoms with van der Waals surface area (Å²) in [6.07, 6.45) is 11.4. The molecule has 0 unspecified atom stereocenters. The molecule has 160 valence electrons. The molecule has 0 aliphatic carbocycles. The van der Waals surface area contributed by atoms with Crippen molar-refractivity contribution in [3.63, 3.8) is 0 Å². The maximum Gasteiger partial charge on any atom is 0.179 e. The van der Waals surface area contributed by atoms with Crippen LogP contribution in [0.4, 0.5) is 5.82 Å². The van der Waals surface area contributed by atoms with Crippen molar-refractivity contribution in [1.82, 2.24) is 25.1 Å². The van der Waals surface area contributed by atoms with Gasteiger partial charge in [-0.05, 0) is 37.4 Å². The molecule has 5 aromatic rings. The molecule has 1 aliphatic heterocycles. The first kappa shape index (κ1) is 19.3. The van der Waals surface area contributed by atoms with Gasteiger partial charge in [0.25, 0.3) is 0 Å². The second-order valence-electron chi connectivity index (χ2n) is 8.10. The van der Waals surface area contributed by atoms with Crippen molar-refractivity contribution < 1.29 is 4.42 Å². The standard InChI is InChI=1S/C24H21ClN6O/c25-21-20-19(15-11-30-31(13-15)16-4-7-27-8-5-16)12-29-24(26)23(20)32-22(21)18-3-1-2-14-10-28-9-6-17(14)18/h1-3,6,9-13,16,27H,4-5,7-8H2,(H2,26,29). The number of nitrogens with two attached hydrogens (primary N) is 1. The van der Waals surface area contributed by atoms with Crippen LogP contribution in [0.25, 0.3) is 44.2 Å². The number of hydrogen-bond donors (Lipinski definition) is 2. The largest absolute Gasteiger partial charge is 0.451 e. The quantitative estimate of drug-likeness (QED) is 0.403. The van der Waals surface area contributed by atoms with Crippen LogP contribution in [0.1, 0.15) is 18.9 Å². The van der Waals surface area contributed by atoms with Crippen LogP contribution in [0.3, 0.4) is 0 Å². The molecule has 5 heterocycles. The molecule has 0 radical (unpaired) electrons. The van der Waals surface area contributed by atoms with Crippen molar-refractivity contribution >= 4 is 39.2 Å². The number of nitrogens with zero attached hydrogens (tertiary/aromatic N) is 4. The van der Waals surface area contributed by atoms with Gasteiger partial charge >= 0.3 is 0 Å². The first-order valence-corrected chi connectivity index (χ1v) is 11.0. The molecule has 6 rings (SSSR count). The molecule has 0 saturated carbocycles. The molecule has 4 aromatic heterocycles. The van der Waals surface area contributed by atoms with E-state index in [9.17, 15) is 0 Å². The Morgan fingerprint density at radius 3 is 2.84 bits per heavy atom. The minimum atomic E-state index is 0.310. The number of pyridine rings is 2. The van der Waals surface area contributed by atoms with Gasteiger partial charge < -0.3 is 15.5 Å². The molecule has 1 saturated heterocycles. The van der Waals surface area contributed by atoms with Gasteiger partial charge in [-0.1, -0.05) is 29.8 Å². The Balaban J connectivity index is 1.52. The van der Waals surface area contributed by atoms with Gasteiger partial charge in [0.05, 0.1) is 22.6 Å². The predicted octanol–water partition coefficient (Wildman–Crippen LogP) is 5.07. The fourth-order valence-electron chi connectivity index (χ4n) is 4.55. The molecule has 1 fully saturated rings. The van der Waals surface area contributed by atoms with Crippen molar-refractivity contribution in [3.8, 4) is 22.5 Å². The minimum absolute atomic E-state index is 0.310. The number of rotatable bonds is 3. The van der Waals surface area contributed by atoms with Gasteiger partial charge in [-0.25, -0.2) is 4.98 Å². The molecule has 3 N–H and O–H groups in total. The Hall–Kier alpha value is -3.42. The Morgan fingerprint density at radius 1 is 1.09 bits per heavy atom. The number of nitrogen functional groups attached to an aromatic ring is 1. The predicted molar refractivity (Wildman–Crippen MR) is 127 cm³/mol. The highest BCUT2D eigenvalue weighted by molar-refractivity contribution is 6.39. The van der Waals surface area contributed by atoms with Gasteiger partial charge in [0.1, 0.15) is 0 Å². The smallest absolute Gasteiger partial charge is 0.179 e. The zero-order valence-corrected chi connectivity index (χ0v) is 18.0. The van der Waals surface area contributed by atoms with E-state index in [1.165, 1.54) is 0 Å². The summed E-state index contributed by atoms with van der Waals surface area (Å²) >= 11 is 6.95. The van der Waals surface area contributed by atoms with E-state index in [0.29, 0.717) is 28.2 Å². The topological polar surface area (TPSA) is 94.8 Å². The lowest BCUT2D eigenvalue weighted by molar-refractivity contribution is 0.343. The third kappa shape index (κ3) is 3.04. The van der Waals surface area contributed by atoms with Crippen molar-refractivity contribution in [2.75, 3.05) is 18.8 Å². The van der Waals surface area contributed by atoms with E-state index in [0.717, 1.165) is 58.8 Å². The van der Waals surface area contributed by atoms with Crippen LogP contribution in [0.2, 0.25) is 5.02 Å². The number of aromatic nitrogens is 4. The highest BCUT2D eigenvalue weighted by Gasteiger charge is 2.23. The van der Waals surface area contributed by atoms with E-state index in [4.69, 9.17) is 21.8 Å². The number of nitrogens with one attached hydrogen (secondary N) is 1. The lowest BCUT2D eigenvalue weighted by atomic mass is 10.0. The lowest BCUT2D eigenvalue weighted by Gasteiger charge is -2.22. The number of furan rings is 1. The summed E-state index contributed by atoms with van der Waals surface area (Å²) in [7, 11) is 0. The molecular weight excluding hydrogens is 424 g/mol. The summed E-state index contributed by atoms with van der Waals surface area (Å²) in [6, 6.07) is 8.32. The van der Waals surface area contributed by atoms with Gasteiger partial charge in [-0.15, -0.1) is 0 Å². The van der Waals surface area contributed by atoms with E-state index in [2.05, 4.69) is 26.6 Å². The van der Waals surface area contributed by atoms with Crippen molar-refractivity contribution in [2.45, 2.75) is 18.9 Å². The zero-order chi connectivity index (χ0) is 21.7. The Labute approximate surface area is 189 Å². The van der Waals surface area contributed by atoms with Gasteiger partial charge in [-0.3, -0.25) is 9.67 Å². The first-order chi connectivity index (χ1) is 15.7. The molecule has 1 aromatic carbocycles. The number of piperidine rings is 1. The molecule has 0 bridgehead atoms. The van der Waals surface area contributed by atoms with Crippen LogP contribution >= 0.6 is 11.6 Å². The molecule has 32 heavy (non-hydrogen) atoms. The number of benzene rings is 1. The summed E-state index contributed by atoms with van der Waals surface area (Å²) in [5.74, 6) is 0.884. The van der Waals surface area contributed by atoms with Crippen LogP contribution in [0.15, 0.2) is 59.7 Å². The minimum Gasteiger partial charge on any atom is -0.451 e. The molecule has 1 aliphatic rings. The maximum absolute atomic E-state index is 6.95. The Morgan fingerprint density at radius 2 is 1.97 bits per heavy atom. The Kier molecular flexibility index (Phi) is 4.59. The van der Waals surface area contributed by atoms with Gasteiger partial charge in [0.15, 0.2) is 17.2 Å². The van der Waals surface area contributed by atoms with Crippen molar-refractivity contribution in [1.29, 1.82) is 0 Å².